The first-order valence-corrected chi connectivity index (χ1v) is 10.3. The summed E-state index contributed by atoms with van der Waals surface area (Å²) in [4.78, 5) is 24.7. The molecule has 0 atom stereocenters. The molecule has 174 valence electrons. The van der Waals surface area contributed by atoms with Crippen molar-refractivity contribution in [2.45, 2.75) is 6.18 Å². The number of hydrogen-bond donors (Lipinski definition) is 0. The van der Waals surface area contributed by atoms with Crippen LogP contribution >= 0.6 is 23.2 Å². The minimum absolute atomic E-state index is 0.0171. The van der Waals surface area contributed by atoms with E-state index in [4.69, 9.17) is 27.6 Å². The molecular formula is C23H13Cl2F3N2O4. The van der Waals surface area contributed by atoms with Crippen molar-refractivity contribution in [3.8, 4) is 11.3 Å². The Bertz CT molecular complexity index is 1340. The van der Waals surface area contributed by atoms with Crippen molar-refractivity contribution in [3.63, 3.8) is 0 Å². The number of halogens is 5. The maximum absolute atomic E-state index is 13.7. The molecule has 6 nitrogen and oxygen atoms in total. The summed E-state index contributed by atoms with van der Waals surface area (Å²) in [7, 11) is 1.16. The van der Waals surface area contributed by atoms with E-state index in [1.165, 1.54) is 42.5 Å². The molecule has 0 N–H and O–H groups in total. The number of rotatable bonds is 4. The highest BCUT2D eigenvalue weighted by Gasteiger charge is 2.47. The van der Waals surface area contributed by atoms with E-state index in [1.54, 1.807) is 12.1 Å². The Kier molecular flexibility index (Phi) is 6.24. The molecular weight excluding hydrogens is 496 g/mol. The fourth-order valence-corrected chi connectivity index (χ4v) is 3.76. The van der Waals surface area contributed by atoms with Crippen LogP contribution in [0.15, 0.2) is 69.7 Å². The quantitative estimate of drug-likeness (QED) is 0.302. The molecule has 1 aromatic heterocycles. The van der Waals surface area contributed by atoms with Gasteiger partial charge in [0, 0.05) is 15.6 Å². The Labute approximate surface area is 200 Å². The molecule has 0 fully saturated rings. The standard InChI is InChI=1S/C23H13Cl2F3N2O4/c1-33-22(32)12-3-2-4-16(9-12)30-21(31)18(20(29-30)23(26,27)28)11-17-5-6-19(34-17)13-7-14(24)10-15(25)8-13/h2-11H,1H3/b18-11-. The van der Waals surface area contributed by atoms with E-state index < -0.39 is 29.3 Å². The Morgan fingerprint density at radius 2 is 1.79 bits per heavy atom. The van der Waals surface area contributed by atoms with E-state index >= 15 is 0 Å². The van der Waals surface area contributed by atoms with Gasteiger partial charge in [0.05, 0.1) is 23.9 Å². The Balaban J connectivity index is 1.72. The number of alkyl halides is 3. The van der Waals surface area contributed by atoms with Crippen LogP contribution in [0, 0.1) is 0 Å². The van der Waals surface area contributed by atoms with Gasteiger partial charge in [0.2, 0.25) is 0 Å². The number of furan rings is 1. The number of benzene rings is 2. The number of hydrogen-bond acceptors (Lipinski definition) is 5. The van der Waals surface area contributed by atoms with Crippen molar-refractivity contribution in [1.82, 2.24) is 0 Å². The summed E-state index contributed by atoms with van der Waals surface area (Å²) in [6, 6.07) is 12.9. The third-order valence-electron chi connectivity index (χ3n) is 4.72. The third-order valence-corrected chi connectivity index (χ3v) is 5.16. The lowest BCUT2D eigenvalue weighted by atomic mass is 10.1. The van der Waals surface area contributed by atoms with Gasteiger partial charge in [-0.2, -0.15) is 23.3 Å². The van der Waals surface area contributed by atoms with Gasteiger partial charge in [-0.05, 0) is 54.6 Å². The maximum atomic E-state index is 13.7. The average Bonchev–Trinajstić information content (AvgIpc) is 3.38. The molecule has 11 heteroatoms. The van der Waals surface area contributed by atoms with Crippen LogP contribution in [0.5, 0.6) is 0 Å². The number of ether oxygens (including phenoxy) is 1. The normalized spacial score (nSPS) is 15.1. The summed E-state index contributed by atoms with van der Waals surface area (Å²) in [5.41, 5.74) is -1.60. The van der Waals surface area contributed by atoms with Gasteiger partial charge in [0.15, 0.2) is 5.71 Å². The number of amides is 1. The zero-order valence-corrected chi connectivity index (χ0v) is 18.7. The van der Waals surface area contributed by atoms with Crippen molar-refractivity contribution in [2.75, 3.05) is 12.1 Å². The summed E-state index contributed by atoms with van der Waals surface area (Å²) in [5, 5.41) is 4.75. The van der Waals surface area contributed by atoms with Gasteiger partial charge in [-0.1, -0.05) is 29.3 Å². The number of anilines is 1. The second-order valence-corrected chi connectivity index (χ2v) is 7.90. The number of nitrogens with zero attached hydrogens (tertiary/aromatic N) is 2. The molecule has 0 radical (unpaired) electrons. The van der Waals surface area contributed by atoms with E-state index in [1.807, 2.05) is 0 Å². The molecule has 0 unspecified atom stereocenters. The second-order valence-electron chi connectivity index (χ2n) is 7.02. The molecule has 0 aliphatic carbocycles. The van der Waals surface area contributed by atoms with E-state index in [0.717, 1.165) is 13.2 Å². The van der Waals surface area contributed by atoms with Gasteiger partial charge in [-0.3, -0.25) is 4.79 Å². The first kappa shape index (κ1) is 23.6. The molecule has 1 aliphatic heterocycles. The van der Waals surface area contributed by atoms with E-state index in [2.05, 4.69) is 9.84 Å². The molecule has 34 heavy (non-hydrogen) atoms. The van der Waals surface area contributed by atoms with E-state index in [9.17, 15) is 22.8 Å². The summed E-state index contributed by atoms with van der Waals surface area (Å²) >= 11 is 12.0. The zero-order valence-electron chi connectivity index (χ0n) is 17.2. The van der Waals surface area contributed by atoms with Crippen LogP contribution < -0.4 is 5.01 Å². The van der Waals surface area contributed by atoms with Crippen molar-refractivity contribution in [2.24, 2.45) is 5.10 Å². The van der Waals surface area contributed by atoms with Crippen LogP contribution in [0.25, 0.3) is 17.4 Å². The SMILES string of the molecule is COC(=O)c1cccc(N2N=C(C(F)(F)F)/C(=C/c3ccc(-c4cc(Cl)cc(Cl)c4)o3)C2=O)c1. The van der Waals surface area contributed by atoms with Gasteiger partial charge < -0.3 is 9.15 Å². The predicted octanol–water partition coefficient (Wildman–Crippen LogP) is 6.39. The van der Waals surface area contributed by atoms with Crippen LogP contribution in [0.1, 0.15) is 16.1 Å². The van der Waals surface area contributed by atoms with Crippen molar-refractivity contribution in [3.05, 3.63) is 81.5 Å². The lowest BCUT2D eigenvalue weighted by Gasteiger charge is -2.12. The lowest BCUT2D eigenvalue weighted by molar-refractivity contribution is -0.114. The van der Waals surface area contributed by atoms with Gasteiger partial charge in [0.1, 0.15) is 11.5 Å². The molecule has 1 amide bonds. The Hall–Kier alpha value is -3.56. The predicted molar refractivity (Wildman–Crippen MR) is 121 cm³/mol. The monoisotopic (exact) mass is 508 g/mol. The number of carbonyl (C=O) groups excluding carboxylic acids is 2. The van der Waals surface area contributed by atoms with Gasteiger partial charge in [-0.15, -0.1) is 0 Å². The number of hydrazone groups is 1. The van der Waals surface area contributed by atoms with Crippen LogP contribution in [-0.4, -0.2) is 30.9 Å². The van der Waals surface area contributed by atoms with Gasteiger partial charge in [-0.25, -0.2) is 4.79 Å². The molecule has 0 spiro atoms. The average molecular weight is 509 g/mol. The van der Waals surface area contributed by atoms with Crippen LogP contribution in [0.3, 0.4) is 0 Å². The largest absolute Gasteiger partial charge is 0.465 e. The molecule has 0 bridgehead atoms. The highest BCUT2D eigenvalue weighted by Crippen LogP contribution is 2.34. The minimum Gasteiger partial charge on any atom is -0.465 e. The molecule has 4 rings (SSSR count). The van der Waals surface area contributed by atoms with E-state index in [0.29, 0.717) is 20.6 Å². The summed E-state index contributed by atoms with van der Waals surface area (Å²) in [6.07, 6.45) is -3.97. The molecule has 3 aromatic rings. The molecule has 1 aliphatic rings. The first-order chi connectivity index (χ1) is 16.1. The second kappa shape index (κ2) is 9.00. The van der Waals surface area contributed by atoms with Gasteiger partial charge >= 0.3 is 12.1 Å². The fraction of sp³-hybridized carbons (Fsp3) is 0.0870. The highest BCUT2D eigenvalue weighted by atomic mass is 35.5. The van der Waals surface area contributed by atoms with Crippen molar-refractivity contribution < 1.29 is 31.9 Å². The van der Waals surface area contributed by atoms with Crippen molar-refractivity contribution >= 4 is 52.6 Å². The lowest BCUT2D eigenvalue weighted by Crippen LogP contribution is -2.25. The highest BCUT2D eigenvalue weighted by molar-refractivity contribution is 6.35. The minimum atomic E-state index is -4.92. The number of methoxy groups -OCH3 is 1. The van der Waals surface area contributed by atoms with E-state index in [-0.39, 0.29) is 22.8 Å². The van der Waals surface area contributed by atoms with Crippen LogP contribution in [0.2, 0.25) is 10.0 Å². The molecule has 0 saturated carbocycles. The smallest absolute Gasteiger partial charge is 0.435 e. The van der Waals surface area contributed by atoms with Gasteiger partial charge in [0.25, 0.3) is 5.91 Å². The van der Waals surface area contributed by atoms with Crippen LogP contribution in [0.4, 0.5) is 18.9 Å². The van der Waals surface area contributed by atoms with Crippen molar-refractivity contribution in [1.29, 1.82) is 0 Å². The topological polar surface area (TPSA) is 72.1 Å². The Morgan fingerprint density at radius 1 is 1.09 bits per heavy atom. The van der Waals surface area contributed by atoms with Crippen LogP contribution in [-0.2, 0) is 9.53 Å². The molecule has 0 saturated heterocycles. The third kappa shape index (κ3) is 4.71. The number of esters is 1. The molecule has 2 heterocycles. The fourth-order valence-electron chi connectivity index (χ4n) is 3.24. The summed E-state index contributed by atoms with van der Waals surface area (Å²) < 4.78 is 51.4. The molecule has 2 aromatic carbocycles. The maximum Gasteiger partial charge on any atom is 0.435 e. The summed E-state index contributed by atoms with van der Waals surface area (Å²) in [5.74, 6) is -1.49. The number of carbonyl (C=O) groups is 2. The first-order valence-electron chi connectivity index (χ1n) is 9.54. The Morgan fingerprint density at radius 3 is 2.44 bits per heavy atom. The zero-order chi connectivity index (χ0) is 24.6. The summed E-state index contributed by atoms with van der Waals surface area (Å²) in [6.45, 7) is 0.